The van der Waals surface area contributed by atoms with E-state index in [1.54, 1.807) is 31.2 Å². The molecule has 0 spiro atoms. The minimum absolute atomic E-state index is 0.294. The Hall–Kier alpha value is -3.34. The highest BCUT2D eigenvalue weighted by atomic mass is 19.1. The Morgan fingerprint density at radius 2 is 1.56 bits per heavy atom. The molecule has 0 radical (unpaired) electrons. The number of benzene rings is 3. The van der Waals surface area contributed by atoms with E-state index in [9.17, 15) is 9.18 Å². The number of hydrogen-bond acceptors (Lipinski definition) is 3. The molecular formula is C22H20FNO3. The molecular weight excluding hydrogens is 345 g/mol. The summed E-state index contributed by atoms with van der Waals surface area (Å²) in [6, 6.07) is 22.5. The third-order valence-electron chi connectivity index (χ3n) is 3.87. The zero-order valence-electron chi connectivity index (χ0n) is 14.9. The molecule has 0 saturated carbocycles. The van der Waals surface area contributed by atoms with E-state index in [0.717, 1.165) is 5.56 Å². The fraction of sp³-hybridized carbons (Fsp3) is 0.136. The lowest BCUT2D eigenvalue weighted by molar-refractivity contribution is -0.122. The van der Waals surface area contributed by atoms with Crippen molar-refractivity contribution in [2.24, 2.45) is 0 Å². The molecule has 3 rings (SSSR count). The number of amides is 1. The summed E-state index contributed by atoms with van der Waals surface area (Å²) < 4.78 is 24.1. The van der Waals surface area contributed by atoms with Crippen LogP contribution in [0.1, 0.15) is 12.5 Å². The van der Waals surface area contributed by atoms with E-state index < -0.39 is 6.10 Å². The van der Waals surface area contributed by atoms with E-state index in [1.165, 1.54) is 24.3 Å². The molecule has 27 heavy (non-hydrogen) atoms. The molecule has 1 unspecified atom stereocenters. The second kappa shape index (κ2) is 8.85. The van der Waals surface area contributed by atoms with Crippen LogP contribution in [0.15, 0.2) is 78.9 Å². The lowest BCUT2D eigenvalue weighted by atomic mass is 10.2. The molecule has 0 fully saturated rings. The maximum absolute atomic E-state index is 12.9. The smallest absolute Gasteiger partial charge is 0.265 e. The maximum atomic E-state index is 12.9. The van der Waals surface area contributed by atoms with Crippen molar-refractivity contribution >= 4 is 11.6 Å². The van der Waals surface area contributed by atoms with Gasteiger partial charge in [0.1, 0.15) is 23.9 Å². The highest BCUT2D eigenvalue weighted by molar-refractivity contribution is 5.94. The first-order valence-electron chi connectivity index (χ1n) is 8.60. The summed E-state index contributed by atoms with van der Waals surface area (Å²) in [6.07, 6.45) is -0.718. The van der Waals surface area contributed by atoms with Crippen LogP contribution < -0.4 is 14.8 Å². The van der Waals surface area contributed by atoms with Gasteiger partial charge in [0.05, 0.1) is 0 Å². The first-order chi connectivity index (χ1) is 13.1. The number of carbonyl (C=O) groups is 1. The van der Waals surface area contributed by atoms with E-state index in [2.05, 4.69) is 5.32 Å². The van der Waals surface area contributed by atoms with Crippen molar-refractivity contribution in [3.63, 3.8) is 0 Å². The molecule has 0 aliphatic rings. The van der Waals surface area contributed by atoms with Gasteiger partial charge < -0.3 is 14.8 Å². The average molecular weight is 365 g/mol. The molecule has 4 nitrogen and oxygen atoms in total. The third-order valence-corrected chi connectivity index (χ3v) is 3.87. The topological polar surface area (TPSA) is 47.6 Å². The summed E-state index contributed by atoms with van der Waals surface area (Å²) in [5.41, 5.74) is 1.73. The summed E-state index contributed by atoms with van der Waals surface area (Å²) in [5.74, 6) is 0.502. The Kier molecular flexibility index (Phi) is 6.05. The zero-order chi connectivity index (χ0) is 19.1. The molecule has 0 aromatic heterocycles. The lowest BCUT2D eigenvalue weighted by Gasteiger charge is -2.15. The van der Waals surface area contributed by atoms with Crippen molar-refractivity contribution in [1.29, 1.82) is 0 Å². The van der Waals surface area contributed by atoms with E-state index >= 15 is 0 Å². The second-order valence-electron chi connectivity index (χ2n) is 6.00. The summed E-state index contributed by atoms with van der Waals surface area (Å²) in [4.78, 5) is 12.2. The van der Waals surface area contributed by atoms with Crippen molar-refractivity contribution in [3.8, 4) is 11.5 Å². The lowest BCUT2D eigenvalue weighted by Crippen LogP contribution is -2.30. The fourth-order valence-corrected chi connectivity index (χ4v) is 2.39. The zero-order valence-corrected chi connectivity index (χ0v) is 14.9. The Bertz CT molecular complexity index is 864. The van der Waals surface area contributed by atoms with E-state index in [1.807, 2.05) is 30.3 Å². The first-order valence-corrected chi connectivity index (χ1v) is 8.60. The van der Waals surface area contributed by atoms with Crippen LogP contribution in [0.5, 0.6) is 11.5 Å². The summed E-state index contributed by atoms with van der Waals surface area (Å²) in [7, 11) is 0. The summed E-state index contributed by atoms with van der Waals surface area (Å²) >= 11 is 0. The predicted molar refractivity (Wildman–Crippen MR) is 102 cm³/mol. The van der Waals surface area contributed by atoms with Crippen molar-refractivity contribution in [1.82, 2.24) is 0 Å². The minimum Gasteiger partial charge on any atom is -0.489 e. The van der Waals surface area contributed by atoms with Gasteiger partial charge in [-0.3, -0.25) is 4.79 Å². The Balaban J connectivity index is 1.51. The van der Waals surface area contributed by atoms with Crippen LogP contribution in [0.4, 0.5) is 10.1 Å². The summed E-state index contributed by atoms with van der Waals surface area (Å²) in [6.45, 7) is 2.12. The molecule has 1 N–H and O–H groups in total. The largest absolute Gasteiger partial charge is 0.489 e. The van der Waals surface area contributed by atoms with Crippen LogP contribution in [-0.2, 0) is 11.4 Å². The highest BCUT2D eigenvalue weighted by Crippen LogP contribution is 2.18. The quantitative estimate of drug-likeness (QED) is 0.654. The van der Waals surface area contributed by atoms with Crippen molar-refractivity contribution in [2.75, 3.05) is 5.32 Å². The summed E-state index contributed by atoms with van der Waals surface area (Å²) in [5, 5.41) is 2.78. The van der Waals surface area contributed by atoms with Crippen molar-refractivity contribution in [3.05, 3.63) is 90.2 Å². The molecule has 1 atom stereocenters. The number of hydrogen-bond donors (Lipinski definition) is 1. The second-order valence-corrected chi connectivity index (χ2v) is 6.00. The van der Waals surface area contributed by atoms with Crippen molar-refractivity contribution in [2.45, 2.75) is 19.6 Å². The van der Waals surface area contributed by atoms with E-state index in [0.29, 0.717) is 23.8 Å². The number of halogens is 1. The van der Waals surface area contributed by atoms with Gasteiger partial charge in [-0.2, -0.15) is 0 Å². The molecule has 0 heterocycles. The number of ether oxygens (including phenoxy) is 2. The van der Waals surface area contributed by atoms with E-state index in [4.69, 9.17) is 9.47 Å². The van der Waals surface area contributed by atoms with Crippen LogP contribution in [0.25, 0.3) is 0 Å². The normalized spacial score (nSPS) is 11.5. The van der Waals surface area contributed by atoms with Gasteiger partial charge in [-0.15, -0.1) is 0 Å². The van der Waals surface area contributed by atoms with Gasteiger partial charge in [0.15, 0.2) is 6.10 Å². The van der Waals surface area contributed by atoms with Crippen LogP contribution in [0, 0.1) is 5.82 Å². The minimum atomic E-state index is -0.718. The highest BCUT2D eigenvalue weighted by Gasteiger charge is 2.15. The van der Waals surface area contributed by atoms with Gasteiger partial charge in [0.2, 0.25) is 0 Å². The van der Waals surface area contributed by atoms with E-state index in [-0.39, 0.29) is 11.7 Å². The average Bonchev–Trinajstić information content (AvgIpc) is 2.70. The molecule has 138 valence electrons. The number of anilines is 1. The van der Waals surface area contributed by atoms with Gasteiger partial charge in [-0.05, 0) is 61.0 Å². The number of carbonyl (C=O) groups excluding carboxylic acids is 1. The molecule has 5 heteroatoms. The van der Waals surface area contributed by atoms with Crippen LogP contribution in [0.3, 0.4) is 0 Å². The molecule has 3 aromatic carbocycles. The maximum Gasteiger partial charge on any atom is 0.265 e. The van der Waals surface area contributed by atoms with Crippen LogP contribution in [0.2, 0.25) is 0 Å². The predicted octanol–water partition coefficient (Wildman–Crippen LogP) is 4.81. The first kappa shape index (κ1) is 18.5. The van der Waals surface area contributed by atoms with Crippen molar-refractivity contribution < 1.29 is 18.7 Å². The monoisotopic (exact) mass is 365 g/mol. The van der Waals surface area contributed by atoms with Gasteiger partial charge >= 0.3 is 0 Å². The molecule has 1 amide bonds. The molecule has 0 bridgehead atoms. The standard InChI is InChI=1S/C22H20FNO3/c1-16(27-21-11-7-18(23)8-12-21)22(25)24-19-9-13-20(14-10-19)26-15-17-5-3-2-4-6-17/h2-14,16H,15H2,1H3,(H,24,25). The Labute approximate surface area is 157 Å². The SMILES string of the molecule is CC(Oc1ccc(F)cc1)C(=O)Nc1ccc(OCc2ccccc2)cc1. The Morgan fingerprint density at radius 3 is 2.22 bits per heavy atom. The van der Waals surface area contributed by atoms with Crippen LogP contribution >= 0.6 is 0 Å². The molecule has 3 aromatic rings. The number of nitrogens with one attached hydrogen (secondary N) is 1. The Morgan fingerprint density at radius 1 is 0.926 bits per heavy atom. The van der Waals surface area contributed by atoms with Gasteiger partial charge in [0, 0.05) is 5.69 Å². The van der Waals surface area contributed by atoms with Gasteiger partial charge in [-0.1, -0.05) is 30.3 Å². The molecule has 0 aliphatic carbocycles. The van der Waals surface area contributed by atoms with Crippen LogP contribution in [-0.4, -0.2) is 12.0 Å². The van der Waals surface area contributed by atoms with Gasteiger partial charge in [0.25, 0.3) is 5.91 Å². The molecule has 0 aliphatic heterocycles. The fourth-order valence-electron chi connectivity index (χ4n) is 2.39. The number of rotatable bonds is 7. The molecule has 0 saturated heterocycles. The third kappa shape index (κ3) is 5.57. The van der Waals surface area contributed by atoms with Gasteiger partial charge in [-0.25, -0.2) is 4.39 Å².